The molecule has 2 N–H and O–H groups in total. The normalized spacial score (nSPS) is 24.3. The summed E-state index contributed by atoms with van der Waals surface area (Å²) in [6.45, 7) is 0. The van der Waals surface area contributed by atoms with Crippen LogP contribution in [0.25, 0.3) is 22.2 Å². The second-order valence-electron chi connectivity index (χ2n) is 11.8. The van der Waals surface area contributed by atoms with Crippen molar-refractivity contribution in [3.05, 3.63) is 76.9 Å². The molecule has 4 heterocycles. The van der Waals surface area contributed by atoms with Gasteiger partial charge >= 0.3 is 0 Å². The van der Waals surface area contributed by atoms with Crippen LogP contribution in [0, 0.1) is 0 Å². The third kappa shape index (κ3) is 3.34. The minimum absolute atomic E-state index is 0.0427. The van der Waals surface area contributed by atoms with Gasteiger partial charge in [-0.2, -0.15) is 0 Å². The van der Waals surface area contributed by atoms with Crippen molar-refractivity contribution >= 4 is 31.5 Å². The second kappa shape index (κ2) is 7.70. The highest BCUT2D eigenvalue weighted by Gasteiger charge is 2.56. The first kappa shape index (κ1) is 23.6. The summed E-state index contributed by atoms with van der Waals surface area (Å²) in [6.07, 6.45) is 4.11. The van der Waals surface area contributed by atoms with Crippen molar-refractivity contribution in [3.8, 4) is 11.1 Å². The van der Waals surface area contributed by atoms with Crippen molar-refractivity contribution in [1.29, 1.82) is 0 Å². The second-order valence-corrected chi connectivity index (χ2v) is 12.5. The van der Waals surface area contributed by atoms with Crippen LogP contribution in [0.3, 0.4) is 0 Å². The summed E-state index contributed by atoms with van der Waals surface area (Å²) in [4.78, 5) is 24.9. The van der Waals surface area contributed by atoms with E-state index in [1.54, 1.807) is 6.20 Å². The molecule has 8 rings (SSSR count). The molecule has 2 aliphatic carbocycles. The zero-order valence-electron chi connectivity index (χ0n) is 21.5. The first-order valence-electron chi connectivity index (χ1n) is 13.5. The molecule has 9 heteroatoms. The van der Waals surface area contributed by atoms with Crippen LogP contribution in [-0.2, 0) is 5.54 Å². The number of nitrogens with two attached hydrogens (primary N) is 1. The van der Waals surface area contributed by atoms with Crippen LogP contribution in [0.2, 0.25) is 0 Å². The maximum Gasteiger partial charge on any atom is 0.254 e. The Bertz CT molecular complexity index is 1720. The number of hydrogen-bond acceptors (Lipinski definition) is 4. The van der Waals surface area contributed by atoms with Crippen LogP contribution < -0.4 is 11.0 Å². The molecule has 0 spiro atoms. The van der Waals surface area contributed by atoms with E-state index in [1.165, 1.54) is 18.4 Å². The number of fused-ring (bicyclic) bond motifs is 9. The molecule has 3 unspecified atom stereocenters. The minimum Gasteiger partial charge on any atom is -0.331 e. The highest BCUT2D eigenvalue weighted by molar-refractivity contribution is 7.27. The van der Waals surface area contributed by atoms with E-state index in [9.17, 15) is 13.6 Å². The lowest BCUT2D eigenvalue weighted by molar-refractivity contribution is -0.125. The van der Waals surface area contributed by atoms with E-state index < -0.39 is 11.5 Å². The van der Waals surface area contributed by atoms with E-state index in [2.05, 4.69) is 30.9 Å². The van der Waals surface area contributed by atoms with Crippen LogP contribution in [0.15, 0.2) is 48.7 Å². The number of aromatic nitrogens is 3. The molecule has 0 radical (unpaired) electrons. The van der Waals surface area contributed by atoms with Gasteiger partial charge in [-0.25, -0.2) is 13.8 Å². The Balaban J connectivity index is 1.25. The lowest BCUT2D eigenvalue weighted by Crippen LogP contribution is -2.57. The van der Waals surface area contributed by atoms with Crippen molar-refractivity contribution in [2.75, 3.05) is 7.05 Å². The lowest BCUT2D eigenvalue weighted by Gasteiger charge is -2.44. The summed E-state index contributed by atoms with van der Waals surface area (Å²) < 4.78 is 29.6. The molecule has 0 saturated heterocycles. The molecule has 4 aliphatic rings. The number of hydrogen-bond donors (Lipinski definition) is 1. The zero-order valence-corrected chi connectivity index (χ0v) is 22.6. The molecule has 4 aromatic rings. The topological polar surface area (TPSA) is 77.0 Å². The van der Waals surface area contributed by atoms with Gasteiger partial charge in [0.2, 0.25) is 0 Å². The van der Waals surface area contributed by atoms with E-state index in [0.717, 1.165) is 50.8 Å². The predicted molar refractivity (Wildman–Crippen MR) is 148 cm³/mol. The molecular weight excluding hydrogens is 515 g/mol. The summed E-state index contributed by atoms with van der Waals surface area (Å²) in [6, 6.07) is 14.3. The predicted octanol–water partition coefficient (Wildman–Crippen LogP) is 5.18. The van der Waals surface area contributed by atoms with Gasteiger partial charge in [-0.15, -0.1) is 9.24 Å². The van der Waals surface area contributed by atoms with Gasteiger partial charge in [0.1, 0.15) is 5.82 Å². The fourth-order valence-electron chi connectivity index (χ4n) is 7.17. The largest absolute Gasteiger partial charge is 0.331 e. The van der Waals surface area contributed by atoms with Crippen LogP contribution in [0.1, 0.15) is 83.1 Å². The Labute approximate surface area is 226 Å². The third-order valence-corrected chi connectivity index (χ3v) is 9.59. The number of alkyl halides is 2. The maximum atomic E-state index is 13.6. The van der Waals surface area contributed by atoms with Crippen molar-refractivity contribution in [3.63, 3.8) is 0 Å². The molecule has 2 aromatic carbocycles. The van der Waals surface area contributed by atoms with E-state index in [-0.39, 0.29) is 30.8 Å². The first-order chi connectivity index (χ1) is 18.6. The standard InChI is InChI=1S/C30H28F2N5OP/c1-36-23-11-22(25-18(15-5-6-15)3-2-4-19(25)28(36)38)37-21-9-16(7-8-20(21)35-27(23)37)17-10-24(39)26(34-12-17)29(33)13-30(31,32)14-29/h2-4,7-10,12,15,22-23H,5-6,11,13-14,33,39H2,1H3. The molecule has 2 aliphatic heterocycles. The monoisotopic (exact) mass is 543 g/mol. The van der Waals surface area contributed by atoms with E-state index >= 15 is 0 Å². The van der Waals surface area contributed by atoms with Gasteiger partial charge in [0.15, 0.2) is 0 Å². The summed E-state index contributed by atoms with van der Waals surface area (Å²) in [7, 11) is 4.51. The number of benzene rings is 2. The van der Waals surface area contributed by atoms with Gasteiger partial charge in [-0.1, -0.05) is 18.2 Å². The fourth-order valence-corrected chi connectivity index (χ4v) is 7.71. The third-order valence-electron chi connectivity index (χ3n) is 9.15. The molecule has 3 atom stereocenters. The summed E-state index contributed by atoms with van der Waals surface area (Å²) in [5, 5.41) is 0.736. The number of carbonyl (C=O) groups is 1. The number of rotatable bonds is 3. The summed E-state index contributed by atoms with van der Waals surface area (Å²) in [5.74, 6) is -1.21. The molecule has 1 amide bonds. The Hall–Kier alpha value is -3.22. The molecular formula is C30H28F2N5OP. The molecule has 2 saturated carbocycles. The number of pyridine rings is 1. The maximum absolute atomic E-state index is 13.6. The summed E-state index contributed by atoms with van der Waals surface area (Å²) in [5.41, 5.74) is 12.7. The number of halogens is 2. The Morgan fingerprint density at radius 2 is 1.87 bits per heavy atom. The quantitative estimate of drug-likeness (QED) is 0.362. The zero-order chi connectivity index (χ0) is 26.8. The number of imidazole rings is 1. The van der Waals surface area contributed by atoms with Crippen molar-refractivity contribution in [2.24, 2.45) is 5.73 Å². The van der Waals surface area contributed by atoms with Crippen molar-refractivity contribution in [1.82, 2.24) is 19.4 Å². The van der Waals surface area contributed by atoms with Crippen LogP contribution in [0.5, 0.6) is 0 Å². The molecule has 2 bridgehead atoms. The number of amides is 1. The highest BCUT2D eigenvalue weighted by atomic mass is 31.0. The van der Waals surface area contributed by atoms with Gasteiger partial charge in [-0.3, -0.25) is 9.78 Å². The lowest BCUT2D eigenvalue weighted by atomic mass is 9.72. The van der Waals surface area contributed by atoms with E-state index in [1.807, 2.05) is 42.3 Å². The average Bonchev–Trinajstić information content (AvgIpc) is 3.59. The van der Waals surface area contributed by atoms with Gasteiger partial charge in [0.05, 0.1) is 34.3 Å². The Kier molecular flexibility index (Phi) is 4.67. The summed E-state index contributed by atoms with van der Waals surface area (Å²) >= 11 is 0. The van der Waals surface area contributed by atoms with Gasteiger partial charge in [0.25, 0.3) is 11.8 Å². The molecule has 6 nitrogen and oxygen atoms in total. The average molecular weight is 544 g/mol. The first-order valence-corrected chi connectivity index (χ1v) is 14.1. The van der Waals surface area contributed by atoms with Crippen LogP contribution in [-0.4, -0.2) is 38.3 Å². The van der Waals surface area contributed by atoms with E-state index in [4.69, 9.17) is 10.7 Å². The number of carbonyl (C=O) groups excluding carboxylic acids is 1. The Morgan fingerprint density at radius 1 is 1.08 bits per heavy atom. The minimum atomic E-state index is -2.73. The highest BCUT2D eigenvalue weighted by Crippen LogP contribution is 2.53. The van der Waals surface area contributed by atoms with Crippen molar-refractivity contribution < 1.29 is 13.6 Å². The van der Waals surface area contributed by atoms with Crippen LogP contribution >= 0.6 is 9.24 Å². The fraction of sp³-hybridized carbons (Fsp3) is 0.367. The molecule has 2 aromatic heterocycles. The van der Waals surface area contributed by atoms with Crippen LogP contribution in [0.4, 0.5) is 8.78 Å². The smallest absolute Gasteiger partial charge is 0.254 e. The van der Waals surface area contributed by atoms with Gasteiger partial charge in [-0.05, 0) is 65.0 Å². The van der Waals surface area contributed by atoms with Crippen molar-refractivity contribution in [2.45, 2.75) is 61.6 Å². The van der Waals surface area contributed by atoms with E-state index in [0.29, 0.717) is 11.6 Å². The molecule has 39 heavy (non-hydrogen) atoms. The van der Waals surface area contributed by atoms with Gasteiger partial charge in [0, 0.05) is 43.6 Å². The SMILES string of the molecule is CN1C(=O)c2cccc(C3CC3)c2C2CC1c1nc3ccc(-c4cnc(C5(N)CC(F)(F)C5)c(P)c4)cc3n12. The Morgan fingerprint density at radius 3 is 2.59 bits per heavy atom. The number of nitrogens with zero attached hydrogens (tertiary/aromatic N) is 4. The molecule has 198 valence electrons. The van der Waals surface area contributed by atoms with Gasteiger partial charge < -0.3 is 15.2 Å². The molecule has 2 fully saturated rings.